The molecule has 0 aromatic carbocycles. The molecule has 0 radical (unpaired) electrons. The van der Waals surface area contributed by atoms with E-state index in [4.69, 9.17) is 4.74 Å². The maximum absolute atomic E-state index is 10.7. The first kappa shape index (κ1) is 9.43. The van der Waals surface area contributed by atoms with Crippen molar-refractivity contribution in [2.24, 2.45) is 0 Å². The fourth-order valence-corrected chi connectivity index (χ4v) is 0.494. The first-order valence-electron chi connectivity index (χ1n) is 3.54. The highest BCUT2D eigenvalue weighted by Gasteiger charge is 2.04. The van der Waals surface area contributed by atoms with E-state index >= 15 is 0 Å². The highest BCUT2D eigenvalue weighted by Crippen LogP contribution is 1.94. The smallest absolute Gasteiger partial charge is 0.320 e. The van der Waals surface area contributed by atoms with Crippen LogP contribution in [0.2, 0.25) is 0 Å². The number of esters is 1. The Morgan fingerprint density at radius 2 is 2.30 bits per heavy atom. The van der Waals surface area contributed by atoms with Crippen LogP contribution in [0.3, 0.4) is 0 Å². The summed E-state index contributed by atoms with van der Waals surface area (Å²) in [5.41, 5.74) is 0. The largest absolute Gasteiger partial charge is 0.462 e. The molecule has 0 saturated heterocycles. The topological polar surface area (TPSA) is 38.3 Å². The fourth-order valence-electron chi connectivity index (χ4n) is 0.494. The van der Waals surface area contributed by atoms with Gasteiger partial charge in [0.25, 0.3) is 0 Å². The molecule has 3 heteroatoms. The van der Waals surface area contributed by atoms with Crippen molar-refractivity contribution in [1.82, 2.24) is 5.32 Å². The minimum absolute atomic E-state index is 0.0425. The Labute approximate surface area is 61.8 Å². The van der Waals surface area contributed by atoms with Gasteiger partial charge in [-0.15, -0.1) is 0 Å². The van der Waals surface area contributed by atoms with Gasteiger partial charge in [0.1, 0.15) is 0 Å². The quantitative estimate of drug-likeness (QED) is 0.587. The van der Waals surface area contributed by atoms with Crippen molar-refractivity contribution < 1.29 is 9.53 Å². The van der Waals surface area contributed by atoms with Gasteiger partial charge < -0.3 is 10.1 Å². The predicted molar refractivity (Wildman–Crippen MR) is 39.8 cm³/mol. The van der Waals surface area contributed by atoms with E-state index in [1.165, 1.54) is 0 Å². The van der Waals surface area contributed by atoms with Crippen molar-refractivity contribution in [3.8, 4) is 0 Å². The maximum atomic E-state index is 10.7. The number of nitrogens with one attached hydrogen (secondary N) is 1. The van der Waals surface area contributed by atoms with E-state index in [9.17, 15) is 4.79 Å². The van der Waals surface area contributed by atoms with E-state index in [1.54, 1.807) is 7.05 Å². The van der Waals surface area contributed by atoms with Crippen LogP contribution < -0.4 is 5.32 Å². The number of hydrogen-bond acceptors (Lipinski definition) is 3. The first-order valence-corrected chi connectivity index (χ1v) is 3.54. The molecular formula is C7H15NO2. The second-order valence-electron chi connectivity index (χ2n) is 2.24. The summed E-state index contributed by atoms with van der Waals surface area (Å²) in [4.78, 5) is 10.7. The summed E-state index contributed by atoms with van der Waals surface area (Å²) in [6, 6.07) is 0. The fraction of sp³-hybridized carbons (Fsp3) is 0.857. The highest BCUT2D eigenvalue weighted by atomic mass is 16.5. The zero-order valence-electron chi connectivity index (χ0n) is 6.81. The molecule has 0 aromatic heterocycles. The maximum Gasteiger partial charge on any atom is 0.320 e. The lowest BCUT2D eigenvalue weighted by atomic mass is 10.3. The van der Waals surface area contributed by atoms with Gasteiger partial charge in [0.15, 0.2) is 0 Å². The van der Waals surface area contributed by atoms with Crippen molar-refractivity contribution in [2.75, 3.05) is 13.6 Å². The van der Waals surface area contributed by atoms with E-state index in [2.05, 4.69) is 5.32 Å². The number of likely N-dealkylation sites (N-methyl/N-ethyl adjacent to an activating group) is 1. The molecule has 0 fully saturated rings. The average molecular weight is 145 g/mol. The minimum Gasteiger partial charge on any atom is -0.462 e. The number of hydrogen-bond donors (Lipinski definition) is 1. The molecule has 0 aliphatic rings. The van der Waals surface area contributed by atoms with Crippen LogP contribution in [0.4, 0.5) is 0 Å². The first-order chi connectivity index (χ1) is 4.70. The van der Waals surface area contributed by atoms with Gasteiger partial charge in [-0.05, 0) is 20.4 Å². The predicted octanol–water partition coefficient (Wildman–Crippen LogP) is 0.547. The van der Waals surface area contributed by atoms with Gasteiger partial charge in [-0.3, -0.25) is 4.79 Å². The molecule has 3 nitrogen and oxygen atoms in total. The lowest BCUT2D eigenvalue weighted by Crippen LogP contribution is -2.24. The van der Waals surface area contributed by atoms with Gasteiger partial charge >= 0.3 is 5.97 Å². The monoisotopic (exact) mass is 145 g/mol. The zero-order chi connectivity index (χ0) is 7.98. The summed E-state index contributed by atoms with van der Waals surface area (Å²) < 4.78 is 4.94. The highest BCUT2D eigenvalue weighted by molar-refractivity contribution is 5.71. The molecular weight excluding hydrogens is 130 g/mol. The Morgan fingerprint density at radius 3 is 2.70 bits per heavy atom. The number of carbonyl (C=O) groups is 1. The Morgan fingerprint density at radius 1 is 1.70 bits per heavy atom. The molecule has 0 aliphatic carbocycles. The van der Waals surface area contributed by atoms with Crippen LogP contribution in [0.5, 0.6) is 0 Å². The van der Waals surface area contributed by atoms with Crippen molar-refractivity contribution in [3.63, 3.8) is 0 Å². The van der Waals surface area contributed by atoms with E-state index in [-0.39, 0.29) is 12.1 Å². The van der Waals surface area contributed by atoms with Gasteiger partial charge in [0.05, 0.1) is 12.6 Å². The van der Waals surface area contributed by atoms with Gasteiger partial charge in [-0.2, -0.15) is 0 Å². The Hall–Kier alpha value is -0.570. The normalized spacial score (nSPS) is 12.7. The third-order valence-corrected chi connectivity index (χ3v) is 1.23. The van der Waals surface area contributed by atoms with Crippen molar-refractivity contribution in [1.29, 1.82) is 0 Å². The number of carbonyl (C=O) groups excluding carboxylic acids is 1. The molecule has 60 valence electrons. The van der Waals surface area contributed by atoms with Crippen LogP contribution in [0.1, 0.15) is 20.3 Å². The molecule has 1 N–H and O–H groups in total. The molecule has 0 aromatic rings. The molecule has 1 atom stereocenters. The lowest BCUT2D eigenvalue weighted by molar-refractivity contribution is -0.147. The summed E-state index contributed by atoms with van der Waals surface area (Å²) in [6.45, 7) is 4.16. The standard InChI is InChI=1S/C7H15NO2/c1-4-6(2)10-7(9)5-8-3/h6,8H,4-5H2,1-3H3. The van der Waals surface area contributed by atoms with E-state index in [1.807, 2.05) is 13.8 Å². The van der Waals surface area contributed by atoms with Crippen molar-refractivity contribution >= 4 is 5.97 Å². The third kappa shape index (κ3) is 4.32. The number of rotatable bonds is 4. The second-order valence-corrected chi connectivity index (χ2v) is 2.24. The third-order valence-electron chi connectivity index (χ3n) is 1.23. The summed E-state index contributed by atoms with van der Waals surface area (Å²) in [5.74, 6) is -0.183. The Kier molecular flexibility index (Phi) is 4.94. The minimum atomic E-state index is -0.183. The van der Waals surface area contributed by atoms with Gasteiger partial charge in [-0.1, -0.05) is 6.92 Å². The van der Waals surface area contributed by atoms with Gasteiger partial charge in [0.2, 0.25) is 0 Å². The summed E-state index contributed by atoms with van der Waals surface area (Å²) in [6.07, 6.45) is 0.913. The molecule has 0 spiro atoms. The average Bonchev–Trinajstić information content (AvgIpc) is 1.88. The van der Waals surface area contributed by atoms with Crippen molar-refractivity contribution in [2.45, 2.75) is 26.4 Å². The number of ether oxygens (including phenoxy) is 1. The van der Waals surface area contributed by atoms with E-state index in [0.717, 1.165) is 6.42 Å². The molecule has 0 amide bonds. The SMILES string of the molecule is CCC(C)OC(=O)CNC. The Bertz CT molecular complexity index is 104. The van der Waals surface area contributed by atoms with Gasteiger partial charge in [0, 0.05) is 0 Å². The van der Waals surface area contributed by atoms with Crippen molar-refractivity contribution in [3.05, 3.63) is 0 Å². The Balaban J connectivity index is 3.37. The van der Waals surface area contributed by atoms with Crippen LogP contribution in [0.15, 0.2) is 0 Å². The zero-order valence-corrected chi connectivity index (χ0v) is 6.81. The molecule has 10 heavy (non-hydrogen) atoms. The van der Waals surface area contributed by atoms with E-state index in [0.29, 0.717) is 6.54 Å². The second kappa shape index (κ2) is 5.23. The van der Waals surface area contributed by atoms with Crippen LogP contribution in [-0.2, 0) is 9.53 Å². The van der Waals surface area contributed by atoms with Gasteiger partial charge in [-0.25, -0.2) is 0 Å². The van der Waals surface area contributed by atoms with Crippen LogP contribution in [0, 0.1) is 0 Å². The summed E-state index contributed by atoms with van der Waals surface area (Å²) in [5, 5.41) is 2.72. The van der Waals surface area contributed by atoms with E-state index < -0.39 is 0 Å². The molecule has 0 bridgehead atoms. The van der Waals surface area contributed by atoms with Crippen LogP contribution in [0.25, 0.3) is 0 Å². The lowest BCUT2D eigenvalue weighted by Gasteiger charge is -2.09. The molecule has 0 rings (SSSR count). The molecule has 0 aliphatic heterocycles. The summed E-state index contributed by atoms with van der Waals surface area (Å²) in [7, 11) is 1.72. The molecule has 1 unspecified atom stereocenters. The molecule has 0 heterocycles. The molecule has 0 saturated carbocycles. The van der Waals surface area contributed by atoms with Crippen LogP contribution in [-0.4, -0.2) is 25.7 Å². The van der Waals surface area contributed by atoms with Crippen LogP contribution >= 0.6 is 0 Å². The summed E-state index contributed by atoms with van der Waals surface area (Å²) >= 11 is 0.